The Balaban J connectivity index is 1.81. The highest BCUT2D eigenvalue weighted by molar-refractivity contribution is 6.00. The summed E-state index contributed by atoms with van der Waals surface area (Å²) in [5, 5.41) is 2.78. The van der Waals surface area contributed by atoms with E-state index in [1.165, 1.54) is 18.2 Å². The van der Waals surface area contributed by atoms with Gasteiger partial charge in [0.25, 0.3) is 5.91 Å². The van der Waals surface area contributed by atoms with Gasteiger partial charge in [0.2, 0.25) is 0 Å². The van der Waals surface area contributed by atoms with Crippen LogP contribution in [0.25, 0.3) is 0 Å². The van der Waals surface area contributed by atoms with Gasteiger partial charge < -0.3 is 10.1 Å². The molecule has 1 aliphatic heterocycles. The van der Waals surface area contributed by atoms with Crippen LogP contribution in [-0.2, 0) is 16.0 Å². The lowest BCUT2D eigenvalue weighted by Gasteiger charge is -2.24. The topological polar surface area (TPSA) is 55.4 Å². The molecule has 1 heterocycles. The summed E-state index contributed by atoms with van der Waals surface area (Å²) in [6.07, 6.45) is -0.799. The second-order valence-corrected chi connectivity index (χ2v) is 5.71. The molecule has 4 nitrogen and oxygen atoms in total. The summed E-state index contributed by atoms with van der Waals surface area (Å²) < 4.78 is 18.5. The second kappa shape index (κ2) is 5.83. The summed E-state index contributed by atoms with van der Waals surface area (Å²) in [4.78, 5) is 24.3. The van der Waals surface area contributed by atoms with E-state index in [4.69, 9.17) is 4.74 Å². The first-order chi connectivity index (χ1) is 10.9. The van der Waals surface area contributed by atoms with E-state index >= 15 is 0 Å². The number of carbonyl (C=O) groups is 2. The monoisotopic (exact) mass is 313 g/mol. The van der Waals surface area contributed by atoms with Crippen molar-refractivity contribution in [1.82, 2.24) is 0 Å². The molecule has 2 aromatic rings. The van der Waals surface area contributed by atoms with Crippen LogP contribution in [0.1, 0.15) is 27.0 Å². The Hall–Kier alpha value is -2.69. The molecular weight excluding hydrogens is 297 g/mol. The summed E-state index contributed by atoms with van der Waals surface area (Å²) >= 11 is 0. The average Bonchev–Trinajstić information content (AvgIpc) is 2.50. The van der Waals surface area contributed by atoms with Gasteiger partial charge in [-0.25, -0.2) is 9.18 Å². The minimum atomic E-state index is -0.961. The molecule has 1 amide bonds. The highest BCUT2D eigenvalue weighted by atomic mass is 19.1. The Bertz CT molecular complexity index is 801. The van der Waals surface area contributed by atoms with Crippen LogP contribution < -0.4 is 5.32 Å². The Kier molecular flexibility index (Phi) is 3.86. The lowest BCUT2D eigenvalue weighted by atomic mass is 9.98. The van der Waals surface area contributed by atoms with Gasteiger partial charge in [-0.1, -0.05) is 12.1 Å². The number of carbonyl (C=O) groups excluding carboxylic acids is 2. The smallest absolute Gasteiger partial charge is 0.339 e. The number of aryl methyl sites for hydroxylation is 2. The SMILES string of the molecule is Cc1ccc(C)c(NC(=O)C2Cc3cc(F)ccc3C(=O)O2)c1. The Labute approximate surface area is 133 Å². The summed E-state index contributed by atoms with van der Waals surface area (Å²) in [5.74, 6) is -1.46. The molecule has 0 fully saturated rings. The van der Waals surface area contributed by atoms with Crippen molar-refractivity contribution in [3.8, 4) is 0 Å². The molecule has 0 aliphatic carbocycles. The number of hydrogen-bond donors (Lipinski definition) is 1. The van der Waals surface area contributed by atoms with E-state index in [0.29, 0.717) is 16.8 Å². The zero-order valence-corrected chi connectivity index (χ0v) is 12.9. The third-order valence-electron chi connectivity index (χ3n) is 3.89. The second-order valence-electron chi connectivity index (χ2n) is 5.71. The molecule has 1 N–H and O–H groups in total. The first-order valence-electron chi connectivity index (χ1n) is 7.31. The van der Waals surface area contributed by atoms with Crippen LogP contribution in [0.15, 0.2) is 36.4 Å². The van der Waals surface area contributed by atoms with Crippen molar-refractivity contribution in [2.75, 3.05) is 5.32 Å². The van der Waals surface area contributed by atoms with Crippen molar-refractivity contribution < 1.29 is 18.7 Å². The fourth-order valence-corrected chi connectivity index (χ4v) is 2.59. The summed E-state index contributed by atoms with van der Waals surface area (Å²) in [5.41, 5.74) is 3.40. The van der Waals surface area contributed by atoms with Gasteiger partial charge in [0, 0.05) is 12.1 Å². The number of cyclic esters (lactones) is 1. The number of anilines is 1. The summed E-state index contributed by atoms with van der Waals surface area (Å²) in [6.45, 7) is 3.81. The highest BCUT2D eigenvalue weighted by Gasteiger charge is 2.31. The van der Waals surface area contributed by atoms with E-state index in [1.54, 1.807) is 0 Å². The van der Waals surface area contributed by atoms with Crippen LogP contribution in [0, 0.1) is 19.7 Å². The quantitative estimate of drug-likeness (QED) is 0.867. The molecular formula is C18H16FNO3. The van der Waals surface area contributed by atoms with Gasteiger partial charge in [-0.05, 0) is 54.8 Å². The van der Waals surface area contributed by atoms with Gasteiger partial charge in [-0.3, -0.25) is 4.79 Å². The summed E-state index contributed by atoms with van der Waals surface area (Å²) in [6, 6.07) is 9.56. The molecule has 3 rings (SSSR count). The molecule has 0 aromatic heterocycles. The van der Waals surface area contributed by atoms with Crippen molar-refractivity contribution in [2.45, 2.75) is 26.4 Å². The highest BCUT2D eigenvalue weighted by Crippen LogP contribution is 2.23. The van der Waals surface area contributed by atoms with E-state index < -0.39 is 23.8 Å². The van der Waals surface area contributed by atoms with Gasteiger partial charge in [-0.2, -0.15) is 0 Å². The lowest BCUT2D eigenvalue weighted by molar-refractivity contribution is -0.125. The third kappa shape index (κ3) is 3.08. The predicted octanol–water partition coefficient (Wildman–Crippen LogP) is 3.16. The lowest BCUT2D eigenvalue weighted by Crippen LogP contribution is -2.38. The Morgan fingerprint density at radius 2 is 2.00 bits per heavy atom. The van der Waals surface area contributed by atoms with Crippen molar-refractivity contribution in [1.29, 1.82) is 0 Å². The van der Waals surface area contributed by atoms with Gasteiger partial charge in [0.05, 0.1) is 5.56 Å². The van der Waals surface area contributed by atoms with Crippen molar-refractivity contribution in [2.24, 2.45) is 0 Å². The van der Waals surface area contributed by atoms with Gasteiger partial charge in [-0.15, -0.1) is 0 Å². The maximum atomic E-state index is 13.3. The van der Waals surface area contributed by atoms with Crippen LogP contribution in [0.5, 0.6) is 0 Å². The molecule has 1 unspecified atom stereocenters. The largest absolute Gasteiger partial charge is 0.448 e. The van der Waals surface area contributed by atoms with E-state index in [0.717, 1.165) is 11.1 Å². The van der Waals surface area contributed by atoms with E-state index in [-0.39, 0.29) is 6.42 Å². The molecule has 5 heteroatoms. The number of ether oxygens (including phenoxy) is 1. The van der Waals surface area contributed by atoms with Crippen molar-refractivity contribution in [3.63, 3.8) is 0 Å². The van der Waals surface area contributed by atoms with Crippen LogP contribution in [0.4, 0.5) is 10.1 Å². The van der Waals surface area contributed by atoms with Crippen LogP contribution >= 0.6 is 0 Å². The molecule has 23 heavy (non-hydrogen) atoms. The molecule has 0 bridgehead atoms. The molecule has 1 atom stereocenters. The number of halogens is 1. The number of fused-ring (bicyclic) bond motifs is 1. The first kappa shape index (κ1) is 15.2. The fraction of sp³-hybridized carbons (Fsp3) is 0.222. The van der Waals surface area contributed by atoms with Gasteiger partial charge in [0.1, 0.15) is 5.82 Å². The fourth-order valence-electron chi connectivity index (χ4n) is 2.59. The zero-order valence-electron chi connectivity index (χ0n) is 12.9. The number of hydrogen-bond acceptors (Lipinski definition) is 3. The molecule has 0 spiro atoms. The van der Waals surface area contributed by atoms with Crippen LogP contribution in [0.3, 0.4) is 0 Å². The maximum Gasteiger partial charge on any atom is 0.339 e. The summed E-state index contributed by atoms with van der Waals surface area (Å²) in [7, 11) is 0. The van der Waals surface area contributed by atoms with Gasteiger partial charge in [0.15, 0.2) is 6.10 Å². The number of rotatable bonds is 2. The minimum Gasteiger partial charge on any atom is -0.448 e. The Morgan fingerprint density at radius 3 is 2.78 bits per heavy atom. The van der Waals surface area contributed by atoms with Crippen molar-refractivity contribution >= 4 is 17.6 Å². The van der Waals surface area contributed by atoms with Crippen LogP contribution in [-0.4, -0.2) is 18.0 Å². The maximum absolute atomic E-state index is 13.3. The van der Waals surface area contributed by atoms with E-state index in [9.17, 15) is 14.0 Å². The standard InChI is InChI=1S/C18H16FNO3/c1-10-3-4-11(2)15(7-10)20-17(21)16-9-12-8-13(19)5-6-14(12)18(22)23-16/h3-8,16H,9H2,1-2H3,(H,20,21). The molecule has 0 saturated carbocycles. The number of esters is 1. The van der Waals surface area contributed by atoms with E-state index in [2.05, 4.69) is 5.32 Å². The average molecular weight is 313 g/mol. The van der Waals surface area contributed by atoms with E-state index in [1.807, 2.05) is 32.0 Å². The third-order valence-corrected chi connectivity index (χ3v) is 3.89. The van der Waals surface area contributed by atoms with Gasteiger partial charge >= 0.3 is 5.97 Å². The number of amides is 1. The molecule has 0 radical (unpaired) electrons. The first-order valence-corrected chi connectivity index (χ1v) is 7.31. The van der Waals surface area contributed by atoms with Crippen molar-refractivity contribution in [3.05, 3.63) is 64.5 Å². The molecule has 118 valence electrons. The number of benzene rings is 2. The zero-order chi connectivity index (χ0) is 16.6. The Morgan fingerprint density at radius 1 is 1.22 bits per heavy atom. The number of nitrogens with one attached hydrogen (secondary N) is 1. The minimum absolute atomic E-state index is 0.162. The predicted molar refractivity (Wildman–Crippen MR) is 83.9 cm³/mol. The normalized spacial score (nSPS) is 16.5. The van der Waals surface area contributed by atoms with Crippen LogP contribution in [0.2, 0.25) is 0 Å². The molecule has 0 saturated heterocycles. The molecule has 2 aromatic carbocycles. The molecule has 1 aliphatic rings.